The monoisotopic (exact) mass is 632 g/mol. The number of unbranched alkanes of at least 4 members (excludes halogenated alkanes) is 3. The van der Waals surface area contributed by atoms with E-state index in [1.165, 1.54) is 77.5 Å². The number of rotatable bonds is 11. The van der Waals surface area contributed by atoms with Gasteiger partial charge in [0.05, 0.1) is 12.3 Å². The molecule has 246 valence electrons. The maximum absolute atomic E-state index is 6.51. The summed E-state index contributed by atoms with van der Waals surface area (Å²) in [4.78, 5) is 5.06. The van der Waals surface area contributed by atoms with Crippen LogP contribution in [0.15, 0.2) is 138 Å². The first-order valence-corrected chi connectivity index (χ1v) is 18.2. The van der Waals surface area contributed by atoms with Gasteiger partial charge in [-0.2, -0.15) is 0 Å². The molecule has 0 saturated heterocycles. The molecule has 0 heterocycles. The van der Waals surface area contributed by atoms with Crippen LogP contribution in [0, 0.1) is 0 Å². The zero-order valence-corrected chi connectivity index (χ0v) is 29.2. The minimum absolute atomic E-state index is 0.0787. The fourth-order valence-electron chi connectivity index (χ4n) is 7.51. The highest BCUT2D eigenvalue weighted by atomic mass is 14.7. The van der Waals surface area contributed by atoms with Gasteiger partial charge in [0, 0.05) is 17.0 Å². The van der Waals surface area contributed by atoms with Crippen molar-refractivity contribution in [3.05, 3.63) is 155 Å². The summed E-state index contributed by atoms with van der Waals surface area (Å²) >= 11 is 0. The second kappa shape index (κ2) is 15.6. The Morgan fingerprint density at radius 2 is 1.81 bits per heavy atom. The van der Waals surface area contributed by atoms with Crippen LogP contribution in [-0.2, 0) is 5.41 Å². The summed E-state index contributed by atoms with van der Waals surface area (Å²) in [5, 5.41) is 0. The van der Waals surface area contributed by atoms with Gasteiger partial charge in [-0.05, 0) is 108 Å². The molecule has 3 aliphatic carbocycles. The van der Waals surface area contributed by atoms with Crippen molar-refractivity contribution in [1.29, 1.82) is 0 Å². The van der Waals surface area contributed by atoms with Crippen LogP contribution >= 0.6 is 0 Å². The molecule has 0 saturated carbocycles. The Labute approximate surface area is 289 Å². The van der Waals surface area contributed by atoms with Crippen molar-refractivity contribution < 1.29 is 0 Å². The van der Waals surface area contributed by atoms with Gasteiger partial charge in [-0.1, -0.05) is 142 Å². The number of nitrogens with two attached hydrogens (primary N) is 1. The fourth-order valence-corrected chi connectivity index (χ4v) is 7.51. The first kappa shape index (κ1) is 33.5. The molecule has 0 radical (unpaired) electrons. The van der Waals surface area contributed by atoms with E-state index in [-0.39, 0.29) is 5.41 Å². The molecule has 2 N–H and O–H groups in total. The Balaban J connectivity index is 1.15. The van der Waals surface area contributed by atoms with Gasteiger partial charge < -0.3 is 5.73 Å². The number of hydrogen-bond acceptors (Lipinski definition) is 2. The first-order valence-electron chi connectivity index (χ1n) is 18.2. The summed E-state index contributed by atoms with van der Waals surface area (Å²) < 4.78 is 0. The van der Waals surface area contributed by atoms with E-state index in [0.717, 1.165) is 36.2 Å². The van der Waals surface area contributed by atoms with Crippen LogP contribution in [0.4, 0.5) is 0 Å². The summed E-state index contributed by atoms with van der Waals surface area (Å²) in [6, 6.07) is 26.6. The average molecular weight is 633 g/mol. The third kappa shape index (κ3) is 7.81. The number of nitrogens with zero attached hydrogens (tertiary/aromatic N) is 1. The molecule has 3 aromatic rings. The Kier molecular flexibility index (Phi) is 10.9. The lowest BCUT2D eigenvalue weighted by Crippen LogP contribution is -2.17. The average Bonchev–Trinajstić information content (AvgIpc) is 3.41. The molecule has 3 aliphatic rings. The van der Waals surface area contributed by atoms with Gasteiger partial charge in [0.2, 0.25) is 0 Å². The third-order valence-electron chi connectivity index (χ3n) is 10.4. The quantitative estimate of drug-likeness (QED) is 0.166. The Morgan fingerprint density at radius 1 is 0.958 bits per heavy atom. The van der Waals surface area contributed by atoms with E-state index in [0.29, 0.717) is 12.5 Å². The lowest BCUT2D eigenvalue weighted by atomic mass is 9.78. The topological polar surface area (TPSA) is 38.4 Å². The zero-order valence-electron chi connectivity index (χ0n) is 29.2. The summed E-state index contributed by atoms with van der Waals surface area (Å²) in [6.07, 6.45) is 28.5. The van der Waals surface area contributed by atoms with E-state index >= 15 is 0 Å². The molecular weight excluding hydrogens is 581 g/mol. The molecule has 48 heavy (non-hydrogen) atoms. The highest BCUT2D eigenvalue weighted by molar-refractivity contribution is 6.08. The molecule has 2 nitrogen and oxygen atoms in total. The van der Waals surface area contributed by atoms with Crippen molar-refractivity contribution in [1.82, 2.24) is 0 Å². The minimum Gasteiger partial charge on any atom is -0.398 e. The van der Waals surface area contributed by atoms with Crippen LogP contribution in [0.25, 0.3) is 22.4 Å². The SMILES string of the molecule is CCCCC/C=C/C(/C=C(\N)c1ccccc1)=N/CC1=CC=CC(c2cccc(-c3ccc4c(c3)C(C)(C)C3=C4C=CCCC3)c2)CC1. The second-order valence-electron chi connectivity index (χ2n) is 14.2. The van der Waals surface area contributed by atoms with Crippen LogP contribution in [0.5, 0.6) is 0 Å². The first-order chi connectivity index (χ1) is 23.4. The predicted octanol–water partition coefficient (Wildman–Crippen LogP) is 12.1. The smallest absolute Gasteiger partial charge is 0.0609 e. The van der Waals surface area contributed by atoms with E-state index in [1.807, 2.05) is 24.3 Å². The minimum atomic E-state index is 0.0787. The normalized spacial score (nSPS) is 19.2. The predicted molar refractivity (Wildman–Crippen MR) is 208 cm³/mol. The molecule has 0 amide bonds. The van der Waals surface area contributed by atoms with E-state index < -0.39 is 0 Å². The molecular formula is C46H52N2. The summed E-state index contributed by atoms with van der Waals surface area (Å²) in [7, 11) is 0. The Bertz CT molecular complexity index is 1810. The molecule has 1 atom stereocenters. The number of benzene rings is 3. The molecule has 2 heteroatoms. The van der Waals surface area contributed by atoms with E-state index in [4.69, 9.17) is 10.7 Å². The molecule has 0 aromatic heterocycles. The standard InChI is InChI=1S/C46H52N2/c1-4-5-6-7-12-23-40(32-45(47)36-18-10-8-11-19-36)48-33-34-17-15-20-35(27-26-34)37-21-16-22-38(30-37)39-28-29-42-41-24-13-9-14-25-43(41)46(2,3)44(42)31-39/h8,10-13,15-24,28-32,35H,4-7,9,14,25-27,33,47H2,1-3H3/b23-12+,45-32-,48-40-. The van der Waals surface area contributed by atoms with Gasteiger partial charge in [-0.25, -0.2) is 0 Å². The lowest BCUT2D eigenvalue weighted by molar-refractivity contribution is 0.598. The van der Waals surface area contributed by atoms with Crippen LogP contribution in [0.1, 0.15) is 107 Å². The van der Waals surface area contributed by atoms with Crippen LogP contribution in [0.2, 0.25) is 0 Å². The maximum Gasteiger partial charge on any atom is 0.0609 e. The van der Waals surface area contributed by atoms with E-state index in [1.54, 1.807) is 5.57 Å². The molecule has 0 spiro atoms. The molecule has 0 aliphatic heterocycles. The van der Waals surface area contributed by atoms with Crippen LogP contribution in [0.3, 0.4) is 0 Å². The summed E-state index contributed by atoms with van der Waals surface area (Å²) in [5.74, 6) is 0.378. The lowest BCUT2D eigenvalue weighted by Gasteiger charge is -2.25. The molecule has 6 rings (SSSR count). The number of allylic oxidation sites excluding steroid dienone is 10. The maximum atomic E-state index is 6.51. The van der Waals surface area contributed by atoms with Crippen molar-refractivity contribution in [2.75, 3.05) is 6.54 Å². The van der Waals surface area contributed by atoms with Crippen LogP contribution < -0.4 is 5.73 Å². The number of fused-ring (bicyclic) bond motifs is 2. The third-order valence-corrected chi connectivity index (χ3v) is 10.4. The highest BCUT2D eigenvalue weighted by Crippen LogP contribution is 2.50. The Hall–Kier alpha value is -4.43. The van der Waals surface area contributed by atoms with Crippen molar-refractivity contribution in [3.63, 3.8) is 0 Å². The largest absolute Gasteiger partial charge is 0.398 e. The van der Waals surface area contributed by atoms with Gasteiger partial charge in [0.25, 0.3) is 0 Å². The number of hydrogen-bond donors (Lipinski definition) is 1. The molecule has 0 fully saturated rings. The molecule has 1 unspecified atom stereocenters. The fraction of sp³-hybridized carbons (Fsp3) is 0.326. The van der Waals surface area contributed by atoms with Gasteiger partial charge in [-0.15, -0.1) is 0 Å². The van der Waals surface area contributed by atoms with Crippen molar-refractivity contribution in [2.45, 2.75) is 89.9 Å². The van der Waals surface area contributed by atoms with Crippen molar-refractivity contribution >= 4 is 17.0 Å². The molecule has 0 bridgehead atoms. The van der Waals surface area contributed by atoms with Gasteiger partial charge >= 0.3 is 0 Å². The highest BCUT2D eigenvalue weighted by Gasteiger charge is 2.37. The molecule has 3 aromatic carbocycles. The van der Waals surface area contributed by atoms with Gasteiger partial charge in [0.15, 0.2) is 0 Å². The van der Waals surface area contributed by atoms with Crippen LogP contribution in [-0.4, -0.2) is 12.3 Å². The summed E-state index contributed by atoms with van der Waals surface area (Å²) in [5.41, 5.74) is 20.6. The van der Waals surface area contributed by atoms with Crippen molar-refractivity contribution in [2.24, 2.45) is 10.7 Å². The Morgan fingerprint density at radius 3 is 2.67 bits per heavy atom. The zero-order chi connectivity index (χ0) is 33.3. The second-order valence-corrected chi connectivity index (χ2v) is 14.2. The van der Waals surface area contributed by atoms with E-state index in [2.05, 4.69) is 118 Å². The van der Waals surface area contributed by atoms with Gasteiger partial charge in [-0.3, -0.25) is 4.99 Å². The van der Waals surface area contributed by atoms with Gasteiger partial charge in [0.1, 0.15) is 0 Å². The summed E-state index contributed by atoms with van der Waals surface area (Å²) in [6.45, 7) is 7.76. The van der Waals surface area contributed by atoms with E-state index in [9.17, 15) is 0 Å². The number of aliphatic imine (C=N–C) groups is 1. The van der Waals surface area contributed by atoms with Crippen molar-refractivity contribution in [3.8, 4) is 11.1 Å².